The predicted molar refractivity (Wildman–Crippen MR) is 236 cm³/mol. The van der Waals surface area contributed by atoms with Crippen LogP contribution in [0.4, 0.5) is 0 Å². The van der Waals surface area contributed by atoms with E-state index < -0.39 is 0 Å². The fourth-order valence-electron chi connectivity index (χ4n) is 4.72. The highest BCUT2D eigenvalue weighted by Crippen LogP contribution is 2.10. The molecule has 0 aliphatic carbocycles. The van der Waals surface area contributed by atoms with E-state index in [2.05, 4.69) is 86.0 Å². The van der Waals surface area contributed by atoms with Crippen LogP contribution in [0.5, 0.6) is 0 Å². The first kappa shape index (κ1) is 39.7. The van der Waals surface area contributed by atoms with Gasteiger partial charge < -0.3 is 0 Å². The minimum absolute atomic E-state index is 0.0114. The fraction of sp³-hybridized carbons (Fsp3) is 0. The van der Waals surface area contributed by atoms with Crippen molar-refractivity contribution in [3.05, 3.63) is 276 Å². The Hall–Kier alpha value is -7.09. The molecule has 0 bridgehead atoms. The van der Waals surface area contributed by atoms with Crippen molar-refractivity contribution < 1.29 is 4.79 Å². The molecule has 264 valence electrons. The van der Waals surface area contributed by atoms with E-state index in [1.54, 1.807) is 12.2 Å². The summed E-state index contributed by atoms with van der Waals surface area (Å²) in [5.74, 6) is -0.0114. The van der Waals surface area contributed by atoms with Crippen LogP contribution in [0, 0.1) is 0 Å². The van der Waals surface area contributed by atoms with Gasteiger partial charge in [-0.25, -0.2) is 0 Å². The summed E-state index contributed by atoms with van der Waals surface area (Å²) in [5, 5.41) is 0. The molecule has 1 heteroatoms. The summed E-state index contributed by atoms with van der Waals surface area (Å²) in [4.78, 5) is 11.6. The van der Waals surface area contributed by atoms with Crippen LogP contribution >= 0.6 is 0 Å². The lowest BCUT2D eigenvalue weighted by molar-refractivity contribution is -0.110. The maximum absolute atomic E-state index is 11.6. The third-order valence-electron chi connectivity index (χ3n) is 7.64. The molecule has 0 atom stereocenters. The number of hydrogen-bond donors (Lipinski definition) is 0. The Kier molecular flexibility index (Phi) is 17.8. The normalized spacial score (nSPS) is 11.1. The first-order valence-corrected chi connectivity index (χ1v) is 17.8. The topological polar surface area (TPSA) is 17.1 Å². The van der Waals surface area contributed by atoms with Crippen LogP contribution in [0.3, 0.4) is 0 Å². The SMILES string of the molecule is C=C(/C=C/c1ccccc1)/C=C/c1ccccc1.C=C(/C=C/c1ccccc1)/C=C/c1ccccc1.O=C(/C=C/c1ccccc1)/C=C/c1ccccc1. The van der Waals surface area contributed by atoms with Gasteiger partial charge in [-0.15, -0.1) is 0 Å². The van der Waals surface area contributed by atoms with Crippen LogP contribution in [0.25, 0.3) is 36.5 Å². The Morgan fingerprint density at radius 2 is 0.444 bits per heavy atom. The molecule has 54 heavy (non-hydrogen) atoms. The summed E-state index contributed by atoms with van der Waals surface area (Å²) >= 11 is 0. The largest absolute Gasteiger partial charge is 0.290 e. The van der Waals surface area contributed by atoms with Gasteiger partial charge in [-0.3, -0.25) is 4.79 Å². The molecule has 0 saturated carbocycles. The Labute approximate surface area is 322 Å². The van der Waals surface area contributed by atoms with Gasteiger partial charge in [-0.1, -0.05) is 256 Å². The van der Waals surface area contributed by atoms with Crippen molar-refractivity contribution in [2.24, 2.45) is 0 Å². The van der Waals surface area contributed by atoms with Crippen molar-refractivity contribution >= 4 is 42.2 Å². The lowest BCUT2D eigenvalue weighted by atomic mass is 10.1. The van der Waals surface area contributed by atoms with Crippen LogP contribution in [-0.4, -0.2) is 5.78 Å². The lowest BCUT2D eigenvalue weighted by Gasteiger charge is -1.94. The third kappa shape index (κ3) is 17.2. The number of allylic oxidation sites excluding steroid dienone is 8. The molecule has 0 amide bonds. The summed E-state index contributed by atoms with van der Waals surface area (Å²) in [6, 6.07) is 60.4. The van der Waals surface area contributed by atoms with Crippen molar-refractivity contribution in [3.63, 3.8) is 0 Å². The summed E-state index contributed by atoms with van der Waals surface area (Å²) in [6.45, 7) is 8.02. The first-order valence-electron chi connectivity index (χ1n) is 17.8. The zero-order chi connectivity index (χ0) is 37.9. The molecule has 0 radical (unpaired) electrons. The quantitative estimate of drug-likeness (QED) is 0.0918. The molecule has 0 aliphatic heterocycles. The molecule has 1 nitrogen and oxygen atoms in total. The summed E-state index contributed by atoms with van der Waals surface area (Å²) in [7, 11) is 0. The summed E-state index contributed by atoms with van der Waals surface area (Å²) in [5.41, 5.74) is 8.78. The molecule has 0 aromatic heterocycles. The van der Waals surface area contributed by atoms with Crippen molar-refractivity contribution in [2.75, 3.05) is 0 Å². The maximum Gasteiger partial charge on any atom is 0.178 e. The van der Waals surface area contributed by atoms with Gasteiger partial charge in [-0.05, 0) is 56.7 Å². The molecule has 0 fully saturated rings. The summed E-state index contributed by atoms with van der Waals surface area (Å²) in [6.07, 6.45) is 23.1. The second-order valence-electron chi connectivity index (χ2n) is 12.0. The number of ketones is 1. The molecule has 6 aromatic carbocycles. The molecule has 0 spiro atoms. The van der Waals surface area contributed by atoms with Gasteiger partial charge in [0.1, 0.15) is 0 Å². The molecule has 0 unspecified atom stereocenters. The second kappa shape index (κ2) is 24.2. The van der Waals surface area contributed by atoms with E-state index in [1.165, 1.54) is 22.3 Å². The minimum Gasteiger partial charge on any atom is -0.290 e. The second-order valence-corrected chi connectivity index (χ2v) is 12.0. The molecule has 0 aliphatic rings. The Balaban J connectivity index is 0.000000180. The van der Waals surface area contributed by atoms with Crippen LogP contribution in [-0.2, 0) is 4.79 Å². The van der Waals surface area contributed by atoms with Crippen LogP contribution < -0.4 is 0 Å². The van der Waals surface area contributed by atoms with Gasteiger partial charge in [0.15, 0.2) is 5.78 Å². The van der Waals surface area contributed by atoms with E-state index in [-0.39, 0.29) is 5.78 Å². The maximum atomic E-state index is 11.6. The van der Waals surface area contributed by atoms with Gasteiger partial charge >= 0.3 is 0 Å². The highest BCUT2D eigenvalue weighted by Gasteiger charge is 1.91. The molecular formula is C53H46O. The van der Waals surface area contributed by atoms with Crippen LogP contribution in [0.2, 0.25) is 0 Å². The van der Waals surface area contributed by atoms with Crippen molar-refractivity contribution in [2.45, 2.75) is 0 Å². The molecular weight excluding hydrogens is 653 g/mol. The molecule has 0 heterocycles. The van der Waals surface area contributed by atoms with Crippen LogP contribution in [0.1, 0.15) is 33.4 Å². The zero-order valence-electron chi connectivity index (χ0n) is 30.6. The lowest BCUT2D eigenvalue weighted by Crippen LogP contribution is -1.84. The number of carbonyl (C=O) groups is 1. The van der Waals surface area contributed by atoms with E-state index in [9.17, 15) is 4.79 Å². The average molecular weight is 699 g/mol. The number of carbonyl (C=O) groups excluding carboxylic acids is 1. The monoisotopic (exact) mass is 698 g/mol. The van der Waals surface area contributed by atoms with Crippen molar-refractivity contribution in [1.82, 2.24) is 0 Å². The van der Waals surface area contributed by atoms with Gasteiger partial charge in [0.2, 0.25) is 0 Å². The number of hydrogen-bond acceptors (Lipinski definition) is 1. The Bertz CT molecular complexity index is 1740. The summed E-state index contributed by atoms with van der Waals surface area (Å²) < 4.78 is 0. The van der Waals surface area contributed by atoms with Gasteiger partial charge in [0, 0.05) is 0 Å². The minimum atomic E-state index is -0.0114. The van der Waals surface area contributed by atoms with Gasteiger partial charge in [0.25, 0.3) is 0 Å². The molecule has 0 N–H and O–H groups in total. The van der Waals surface area contributed by atoms with E-state index in [4.69, 9.17) is 0 Å². The zero-order valence-corrected chi connectivity index (χ0v) is 30.6. The molecule has 0 saturated heterocycles. The van der Waals surface area contributed by atoms with E-state index in [0.29, 0.717) is 0 Å². The third-order valence-corrected chi connectivity index (χ3v) is 7.64. The first-order chi connectivity index (χ1) is 26.5. The molecule has 6 rings (SSSR count). The van der Waals surface area contributed by atoms with E-state index in [1.807, 2.05) is 170 Å². The van der Waals surface area contributed by atoms with Crippen molar-refractivity contribution in [3.8, 4) is 0 Å². The highest BCUT2D eigenvalue weighted by atomic mass is 16.1. The molecule has 6 aromatic rings. The Morgan fingerprint density at radius 3 is 0.630 bits per heavy atom. The van der Waals surface area contributed by atoms with Gasteiger partial charge in [-0.2, -0.15) is 0 Å². The Morgan fingerprint density at radius 1 is 0.278 bits per heavy atom. The average Bonchev–Trinajstić information content (AvgIpc) is 3.24. The van der Waals surface area contributed by atoms with Crippen molar-refractivity contribution in [1.29, 1.82) is 0 Å². The smallest absolute Gasteiger partial charge is 0.178 e. The van der Waals surface area contributed by atoms with Crippen LogP contribution in [0.15, 0.2) is 243 Å². The number of benzene rings is 6. The predicted octanol–water partition coefficient (Wildman–Crippen LogP) is 13.9. The van der Waals surface area contributed by atoms with E-state index in [0.717, 1.165) is 22.3 Å². The number of rotatable bonds is 12. The van der Waals surface area contributed by atoms with Gasteiger partial charge in [0.05, 0.1) is 0 Å². The standard InChI is InChI=1S/2C18H16.C17H14O/c2*1-16(12-14-17-8-4-2-5-9-17)13-15-18-10-6-3-7-11-18;18-17(13-11-15-7-3-1-4-8-15)14-12-16-9-5-2-6-10-16/h2*2-15H,1H2;1-14H/b2*14-12+,15-13+;13-11+,14-12+. The fourth-order valence-corrected chi connectivity index (χ4v) is 4.72. The van der Waals surface area contributed by atoms with E-state index >= 15 is 0 Å². The highest BCUT2D eigenvalue weighted by molar-refractivity contribution is 6.04.